The van der Waals surface area contributed by atoms with Crippen LogP contribution in [0.15, 0.2) is 85.1 Å². The number of allylic oxidation sites excluding steroid dienone is 2. The number of hydrogen-bond acceptors (Lipinski definition) is 2. The van der Waals surface area contributed by atoms with Gasteiger partial charge in [-0.15, -0.1) is 0 Å². The molecular weight excluding hydrogens is 495 g/mol. The first-order valence-corrected chi connectivity index (χ1v) is 12.4. The molecule has 1 aromatic heterocycles. The maximum atomic E-state index is 14.0. The van der Waals surface area contributed by atoms with Crippen LogP contribution in [0.5, 0.6) is 0 Å². The molecule has 2 nitrogen and oxygen atoms in total. The lowest BCUT2D eigenvalue weighted by Crippen LogP contribution is -2.13. The van der Waals surface area contributed by atoms with Gasteiger partial charge in [-0.05, 0) is 83.1 Å². The Balaban J connectivity index is 1.47. The third-order valence-corrected chi connectivity index (χ3v) is 6.88. The van der Waals surface area contributed by atoms with Gasteiger partial charge in [0.05, 0.1) is 5.69 Å². The van der Waals surface area contributed by atoms with Crippen molar-refractivity contribution in [2.45, 2.75) is 31.6 Å². The summed E-state index contributed by atoms with van der Waals surface area (Å²) in [6.07, 6.45) is 4.74. The number of fused-ring (bicyclic) bond motifs is 1. The van der Waals surface area contributed by atoms with E-state index in [9.17, 15) is 18.0 Å². The quantitative estimate of drug-likeness (QED) is 0.236. The van der Waals surface area contributed by atoms with Crippen molar-refractivity contribution in [1.29, 1.82) is 0 Å². The summed E-state index contributed by atoms with van der Waals surface area (Å²) in [5, 5.41) is 0.595. The molecule has 1 heterocycles. The SMILES string of the molecule is O=C(CC1=CCc2ccc(F)cc21)C[C@@H](Cc1cc(F)cc(F)c1)c1ncccc1-c1ccc(Cl)cc1. The number of carbonyl (C=O) groups excluding carboxylic acids is 1. The molecule has 1 atom stereocenters. The van der Waals surface area contributed by atoms with Crippen molar-refractivity contribution in [3.63, 3.8) is 0 Å². The summed E-state index contributed by atoms with van der Waals surface area (Å²) < 4.78 is 41.8. The number of Topliss-reactive ketones (excluding diaryl/α,β-unsaturated/α-hetero) is 1. The van der Waals surface area contributed by atoms with E-state index in [0.29, 0.717) is 22.7 Å². The van der Waals surface area contributed by atoms with Crippen LogP contribution in [0.25, 0.3) is 16.7 Å². The summed E-state index contributed by atoms with van der Waals surface area (Å²) in [5.41, 5.74) is 5.35. The first-order valence-electron chi connectivity index (χ1n) is 12.0. The molecule has 1 aliphatic carbocycles. The van der Waals surface area contributed by atoms with Crippen LogP contribution in [0.3, 0.4) is 0 Å². The van der Waals surface area contributed by atoms with Gasteiger partial charge in [-0.1, -0.05) is 41.9 Å². The Morgan fingerprint density at radius 2 is 1.65 bits per heavy atom. The highest BCUT2D eigenvalue weighted by molar-refractivity contribution is 6.30. The summed E-state index contributed by atoms with van der Waals surface area (Å²) in [6, 6.07) is 19.0. The van der Waals surface area contributed by atoms with Crippen LogP contribution < -0.4 is 0 Å². The zero-order valence-corrected chi connectivity index (χ0v) is 20.6. The summed E-state index contributed by atoms with van der Waals surface area (Å²) >= 11 is 6.07. The second kappa shape index (κ2) is 10.7. The first-order chi connectivity index (χ1) is 17.9. The molecule has 0 radical (unpaired) electrons. The van der Waals surface area contributed by atoms with E-state index in [1.807, 2.05) is 30.3 Å². The van der Waals surface area contributed by atoms with Crippen molar-refractivity contribution in [2.75, 3.05) is 0 Å². The van der Waals surface area contributed by atoms with Gasteiger partial charge in [0.15, 0.2) is 0 Å². The normalized spacial score (nSPS) is 13.2. The van der Waals surface area contributed by atoms with E-state index >= 15 is 0 Å². The highest BCUT2D eigenvalue weighted by atomic mass is 35.5. The number of ketones is 1. The Morgan fingerprint density at radius 1 is 0.892 bits per heavy atom. The van der Waals surface area contributed by atoms with Gasteiger partial charge in [-0.3, -0.25) is 9.78 Å². The van der Waals surface area contributed by atoms with Gasteiger partial charge in [0.2, 0.25) is 0 Å². The molecule has 37 heavy (non-hydrogen) atoms. The predicted molar refractivity (Wildman–Crippen MR) is 140 cm³/mol. The molecule has 5 rings (SSSR count). The number of nitrogens with zero attached hydrogens (tertiary/aromatic N) is 1. The number of pyridine rings is 1. The van der Waals surface area contributed by atoms with Crippen molar-refractivity contribution in [3.8, 4) is 11.1 Å². The summed E-state index contributed by atoms with van der Waals surface area (Å²) in [6.45, 7) is 0. The Bertz CT molecular complexity index is 1480. The number of benzene rings is 3. The minimum atomic E-state index is -0.672. The van der Waals surface area contributed by atoms with Crippen molar-refractivity contribution >= 4 is 23.0 Å². The van der Waals surface area contributed by atoms with Crippen LogP contribution in [-0.2, 0) is 17.6 Å². The van der Waals surface area contributed by atoms with E-state index < -0.39 is 17.6 Å². The fourth-order valence-electron chi connectivity index (χ4n) is 4.99. The summed E-state index contributed by atoms with van der Waals surface area (Å²) in [4.78, 5) is 18.0. The topological polar surface area (TPSA) is 30.0 Å². The van der Waals surface area contributed by atoms with Crippen molar-refractivity contribution in [3.05, 3.63) is 130 Å². The van der Waals surface area contributed by atoms with E-state index in [0.717, 1.165) is 33.9 Å². The molecule has 186 valence electrons. The average molecular weight is 518 g/mol. The number of halogens is 4. The van der Waals surface area contributed by atoms with Crippen molar-refractivity contribution in [1.82, 2.24) is 4.98 Å². The van der Waals surface area contributed by atoms with Gasteiger partial charge < -0.3 is 0 Å². The van der Waals surface area contributed by atoms with Gasteiger partial charge in [0, 0.05) is 41.6 Å². The van der Waals surface area contributed by atoms with Gasteiger partial charge in [0.25, 0.3) is 0 Å². The predicted octanol–water partition coefficient (Wildman–Crippen LogP) is 8.13. The fraction of sp³-hybridized carbons (Fsp3) is 0.161. The monoisotopic (exact) mass is 517 g/mol. The maximum Gasteiger partial charge on any atom is 0.137 e. The number of hydrogen-bond donors (Lipinski definition) is 0. The van der Waals surface area contributed by atoms with Crippen LogP contribution in [0, 0.1) is 17.5 Å². The lowest BCUT2D eigenvalue weighted by molar-refractivity contribution is -0.118. The molecule has 0 fully saturated rings. The van der Waals surface area contributed by atoms with E-state index in [4.69, 9.17) is 11.6 Å². The first kappa shape index (κ1) is 25.0. The molecule has 1 aliphatic rings. The lowest BCUT2D eigenvalue weighted by Gasteiger charge is -2.20. The second-order valence-electron chi connectivity index (χ2n) is 9.28. The minimum absolute atomic E-state index is 0.0575. The van der Waals surface area contributed by atoms with Crippen molar-refractivity contribution in [2.24, 2.45) is 0 Å². The Labute approximate surface area is 218 Å². The Morgan fingerprint density at radius 3 is 2.41 bits per heavy atom. The lowest BCUT2D eigenvalue weighted by atomic mass is 9.85. The van der Waals surface area contributed by atoms with E-state index in [1.165, 1.54) is 24.3 Å². The standard InChI is InChI=1S/C31H23ClF3NO/c32-24-8-5-20(6-9-24)29-2-1-11-36-31(29)23(12-19-13-26(34)17-27(35)14-19)16-28(37)15-22-4-3-21-7-10-25(33)18-30(21)22/h1-2,4-11,13-14,17-18,23H,3,12,15-16H2/t23-/m1/s1. The molecule has 4 aromatic rings. The Kier molecular flexibility index (Phi) is 7.24. The van der Waals surface area contributed by atoms with Crippen molar-refractivity contribution < 1.29 is 18.0 Å². The number of rotatable bonds is 8. The van der Waals surface area contributed by atoms with Gasteiger partial charge in [0.1, 0.15) is 23.2 Å². The molecule has 0 saturated carbocycles. The fourth-order valence-corrected chi connectivity index (χ4v) is 5.12. The molecule has 6 heteroatoms. The molecule has 0 spiro atoms. The zero-order chi connectivity index (χ0) is 25.9. The minimum Gasteiger partial charge on any atom is -0.299 e. The molecular formula is C31H23ClF3NO. The van der Waals surface area contributed by atoms with E-state index in [1.54, 1.807) is 24.4 Å². The molecule has 0 amide bonds. The van der Waals surface area contributed by atoms with Gasteiger partial charge in [-0.25, -0.2) is 13.2 Å². The smallest absolute Gasteiger partial charge is 0.137 e. The van der Waals surface area contributed by atoms with E-state index in [-0.39, 0.29) is 30.9 Å². The number of carbonyl (C=O) groups is 1. The third-order valence-electron chi connectivity index (χ3n) is 6.63. The van der Waals surface area contributed by atoms with Gasteiger partial charge >= 0.3 is 0 Å². The maximum absolute atomic E-state index is 14.0. The van der Waals surface area contributed by atoms with Crippen LogP contribution in [0.1, 0.15) is 41.1 Å². The van der Waals surface area contributed by atoms with Crippen LogP contribution in [0.4, 0.5) is 13.2 Å². The molecule has 0 N–H and O–H groups in total. The van der Waals surface area contributed by atoms with Crippen LogP contribution in [0.2, 0.25) is 5.02 Å². The zero-order valence-electron chi connectivity index (χ0n) is 19.9. The van der Waals surface area contributed by atoms with Crippen LogP contribution >= 0.6 is 11.6 Å². The summed E-state index contributed by atoms with van der Waals surface area (Å²) in [7, 11) is 0. The highest BCUT2D eigenvalue weighted by Crippen LogP contribution is 2.35. The van der Waals surface area contributed by atoms with Crippen LogP contribution in [-0.4, -0.2) is 10.8 Å². The Hall–Kier alpha value is -3.70. The van der Waals surface area contributed by atoms with Gasteiger partial charge in [-0.2, -0.15) is 0 Å². The average Bonchev–Trinajstić information content (AvgIpc) is 3.25. The molecule has 3 aromatic carbocycles. The molecule has 0 unspecified atom stereocenters. The molecule has 0 saturated heterocycles. The van der Waals surface area contributed by atoms with E-state index in [2.05, 4.69) is 4.98 Å². The third kappa shape index (κ3) is 5.83. The number of aromatic nitrogens is 1. The molecule has 0 aliphatic heterocycles. The largest absolute Gasteiger partial charge is 0.299 e. The second-order valence-corrected chi connectivity index (χ2v) is 9.71. The summed E-state index contributed by atoms with van der Waals surface area (Å²) in [5.74, 6) is -2.18. The highest BCUT2D eigenvalue weighted by Gasteiger charge is 2.24. The molecule has 0 bridgehead atoms.